The average molecular weight is 391 g/mol. The van der Waals surface area contributed by atoms with Gasteiger partial charge in [-0.1, -0.05) is 41.9 Å². The third-order valence-electron chi connectivity index (χ3n) is 4.48. The fraction of sp³-hybridized carbons (Fsp3) is 0.0476. The van der Waals surface area contributed by atoms with Crippen molar-refractivity contribution in [3.63, 3.8) is 0 Å². The summed E-state index contributed by atoms with van der Waals surface area (Å²) in [7, 11) is 0. The number of amides is 1. The first kappa shape index (κ1) is 17.9. The van der Waals surface area contributed by atoms with Crippen LogP contribution in [0.4, 0.5) is 0 Å². The highest BCUT2D eigenvalue weighted by molar-refractivity contribution is 6.33. The third-order valence-corrected chi connectivity index (χ3v) is 4.77. The number of nitrogens with one attached hydrogen (secondary N) is 1. The van der Waals surface area contributed by atoms with E-state index in [0.29, 0.717) is 33.2 Å². The Morgan fingerprint density at radius 3 is 2.61 bits per heavy atom. The second-order valence-corrected chi connectivity index (χ2v) is 6.72. The number of H-pyrrole nitrogens is 1. The summed E-state index contributed by atoms with van der Waals surface area (Å²) in [6.07, 6.45) is 1.43. The van der Waals surface area contributed by atoms with Crippen LogP contribution in [0.25, 0.3) is 33.4 Å². The van der Waals surface area contributed by atoms with Gasteiger partial charge in [0.25, 0.3) is 5.91 Å². The largest absolute Gasteiger partial charge is 0.364 e. The molecule has 0 radical (unpaired) electrons. The van der Waals surface area contributed by atoms with Gasteiger partial charge < -0.3 is 10.7 Å². The first-order valence-corrected chi connectivity index (χ1v) is 8.88. The van der Waals surface area contributed by atoms with E-state index in [2.05, 4.69) is 15.0 Å². The number of fused-ring (bicyclic) bond motifs is 1. The van der Waals surface area contributed by atoms with Gasteiger partial charge in [0.2, 0.25) is 0 Å². The van der Waals surface area contributed by atoms with Crippen molar-refractivity contribution in [2.45, 2.75) is 6.92 Å². The van der Waals surface area contributed by atoms with Crippen molar-refractivity contribution in [3.8, 4) is 22.5 Å². The highest BCUT2D eigenvalue weighted by Gasteiger charge is 2.16. The minimum Gasteiger partial charge on any atom is -0.364 e. The quantitative estimate of drug-likeness (QED) is 0.556. The lowest BCUT2D eigenvalue weighted by atomic mass is 10.0. The molecule has 3 aromatic heterocycles. The summed E-state index contributed by atoms with van der Waals surface area (Å²) in [4.78, 5) is 35.9. The van der Waals surface area contributed by atoms with Crippen LogP contribution in [0.5, 0.6) is 0 Å². The van der Waals surface area contributed by atoms with Gasteiger partial charge >= 0.3 is 0 Å². The fourth-order valence-corrected chi connectivity index (χ4v) is 3.44. The van der Waals surface area contributed by atoms with Gasteiger partial charge in [0, 0.05) is 29.1 Å². The molecule has 6 nitrogen and oxygen atoms in total. The third kappa shape index (κ3) is 3.04. The minimum atomic E-state index is -0.753. The maximum atomic E-state index is 12.7. The zero-order valence-corrected chi connectivity index (χ0v) is 15.6. The van der Waals surface area contributed by atoms with Crippen molar-refractivity contribution in [1.82, 2.24) is 15.0 Å². The summed E-state index contributed by atoms with van der Waals surface area (Å²) in [5.41, 5.74) is 8.92. The number of carbonyl (C=O) groups excluding carboxylic acids is 1. The Morgan fingerprint density at radius 1 is 1.14 bits per heavy atom. The number of primary amides is 1. The Balaban J connectivity index is 1.90. The number of halogens is 1. The minimum absolute atomic E-state index is 0.0578. The summed E-state index contributed by atoms with van der Waals surface area (Å²) in [5.74, 6) is -0.753. The van der Waals surface area contributed by atoms with Gasteiger partial charge in [-0.15, -0.1) is 0 Å². The molecule has 0 saturated heterocycles. The Kier molecular flexibility index (Phi) is 4.41. The Bertz CT molecular complexity index is 1280. The number of nitrogens with zero attached hydrogens (tertiary/aromatic N) is 2. The molecule has 0 aliphatic rings. The monoisotopic (exact) mass is 390 g/mol. The van der Waals surface area contributed by atoms with Gasteiger partial charge in [0.1, 0.15) is 5.69 Å². The molecule has 0 bridgehead atoms. The van der Waals surface area contributed by atoms with Crippen LogP contribution < -0.4 is 11.2 Å². The predicted octanol–water partition coefficient (Wildman–Crippen LogP) is 3.71. The maximum Gasteiger partial charge on any atom is 0.268 e. The number of benzene rings is 1. The molecule has 1 amide bonds. The van der Waals surface area contributed by atoms with E-state index in [-0.39, 0.29) is 16.5 Å². The highest BCUT2D eigenvalue weighted by Crippen LogP contribution is 2.32. The molecule has 4 aromatic rings. The Morgan fingerprint density at radius 2 is 1.89 bits per heavy atom. The van der Waals surface area contributed by atoms with Gasteiger partial charge in [0.15, 0.2) is 5.43 Å². The second-order valence-electron chi connectivity index (χ2n) is 6.31. The van der Waals surface area contributed by atoms with E-state index in [1.165, 1.54) is 12.3 Å². The molecule has 3 N–H and O–H groups in total. The van der Waals surface area contributed by atoms with Crippen LogP contribution in [0.1, 0.15) is 16.2 Å². The van der Waals surface area contributed by atoms with Crippen molar-refractivity contribution < 1.29 is 4.79 Å². The lowest BCUT2D eigenvalue weighted by molar-refractivity contribution is 0.0997. The molecule has 0 aliphatic carbocycles. The van der Waals surface area contributed by atoms with Crippen molar-refractivity contribution in [3.05, 3.63) is 81.4 Å². The number of aromatic amines is 1. The van der Waals surface area contributed by atoms with Gasteiger partial charge in [0.05, 0.1) is 27.3 Å². The van der Waals surface area contributed by atoms with E-state index in [4.69, 9.17) is 17.3 Å². The molecule has 0 unspecified atom stereocenters. The first-order valence-electron chi connectivity index (χ1n) is 8.50. The molecule has 0 aliphatic heterocycles. The summed E-state index contributed by atoms with van der Waals surface area (Å²) < 4.78 is 0. The van der Waals surface area contributed by atoms with Crippen molar-refractivity contribution >= 4 is 28.4 Å². The van der Waals surface area contributed by atoms with Crippen LogP contribution in [0, 0.1) is 6.92 Å². The van der Waals surface area contributed by atoms with E-state index in [0.717, 1.165) is 5.56 Å². The number of aromatic nitrogens is 3. The molecule has 0 fully saturated rings. The number of aryl methyl sites for hydroxylation is 1. The SMILES string of the molecule is Cc1nc(-c2ccccc2)c(Cl)cc1-c1cc(=O)c2c(C(N)=O)nccc2[nH]1. The van der Waals surface area contributed by atoms with Crippen molar-refractivity contribution in [1.29, 1.82) is 0 Å². The van der Waals surface area contributed by atoms with Crippen LogP contribution in [-0.2, 0) is 0 Å². The number of nitrogens with two attached hydrogens (primary N) is 1. The summed E-state index contributed by atoms with van der Waals surface area (Å²) in [5, 5.41) is 0.636. The molecule has 1 aromatic carbocycles. The molecule has 138 valence electrons. The first-order chi connectivity index (χ1) is 13.5. The molecule has 0 atom stereocenters. The van der Waals surface area contributed by atoms with E-state index < -0.39 is 5.91 Å². The van der Waals surface area contributed by atoms with Gasteiger partial charge in [-0.05, 0) is 19.1 Å². The molecule has 0 saturated carbocycles. The van der Waals surface area contributed by atoms with Crippen LogP contribution >= 0.6 is 11.6 Å². The molecule has 4 rings (SSSR count). The molecular formula is C21H15ClN4O2. The zero-order chi connectivity index (χ0) is 19.8. The average Bonchev–Trinajstić information content (AvgIpc) is 2.69. The maximum absolute atomic E-state index is 12.7. The van der Waals surface area contributed by atoms with Crippen LogP contribution in [-0.4, -0.2) is 20.9 Å². The van der Waals surface area contributed by atoms with Crippen LogP contribution in [0.3, 0.4) is 0 Å². The van der Waals surface area contributed by atoms with Gasteiger partial charge in [-0.2, -0.15) is 0 Å². The van der Waals surface area contributed by atoms with E-state index in [9.17, 15) is 9.59 Å². The number of pyridine rings is 3. The number of rotatable bonds is 3. The topological polar surface area (TPSA) is 102 Å². The molecule has 7 heteroatoms. The van der Waals surface area contributed by atoms with E-state index in [1.807, 2.05) is 37.3 Å². The zero-order valence-electron chi connectivity index (χ0n) is 14.9. The normalized spacial score (nSPS) is 10.9. The van der Waals surface area contributed by atoms with Crippen LogP contribution in [0.2, 0.25) is 5.02 Å². The molecule has 3 heterocycles. The smallest absolute Gasteiger partial charge is 0.268 e. The van der Waals surface area contributed by atoms with E-state index in [1.54, 1.807) is 12.1 Å². The second kappa shape index (κ2) is 6.90. The van der Waals surface area contributed by atoms with E-state index >= 15 is 0 Å². The van der Waals surface area contributed by atoms with Crippen molar-refractivity contribution in [2.75, 3.05) is 0 Å². The Labute approximate surface area is 165 Å². The molecular weight excluding hydrogens is 376 g/mol. The number of carbonyl (C=O) groups is 1. The molecule has 28 heavy (non-hydrogen) atoms. The summed E-state index contributed by atoms with van der Waals surface area (Å²) in [6, 6.07) is 14.4. The highest BCUT2D eigenvalue weighted by atomic mass is 35.5. The van der Waals surface area contributed by atoms with Crippen LogP contribution in [0.15, 0.2) is 59.5 Å². The Hall–Kier alpha value is -3.51. The predicted molar refractivity (Wildman–Crippen MR) is 109 cm³/mol. The number of hydrogen-bond acceptors (Lipinski definition) is 4. The number of hydrogen-bond donors (Lipinski definition) is 2. The lowest BCUT2D eigenvalue weighted by Gasteiger charge is -2.12. The fourth-order valence-electron chi connectivity index (χ4n) is 3.18. The van der Waals surface area contributed by atoms with Crippen molar-refractivity contribution in [2.24, 2.45) is 5.73 Å². The summed E-state index contributed by atoms with van der Waals surface area (Å²) >= 11 is 6.48. The standard InChI is InChI=1S/C21H15ClN4O2/c1-11-13(9-14(22)19(25-11)12-5-3-2-4-6-12)16-10-17(27)18-15(26-16)7-8-24-20(18)21(23)28/h2-10H,1H3,(H2,23,28)(H,26,27). The van der Waals surface area contributed by atoms with Gasteiger partial charge in [-0.25, -0.2) is 0 Å². The lowest BCUT2D eigenvalue weighted by Crippen LogP contribution is -2.17. The van der Waals surface area contributed by atoms with Gasteiger partial charge in [-0.3, -0.25) is 19.6 Å². The summed E-state index contributed by atoms with van der Waals surface area (Å²) in [6.45, 7) is 1.85. The molecule has 0 spiro atoms.